The van der Waals surface area contributed by atoms with Crippen LogP contribution >= 0.6 is 0 Å². The van der Waals surface area contributed by atoms with Crippen LogP contribution in [-0.4, -0.2) is 34.0 Å². The number of carbonyl (C=O) groups excluding carboxylic acids is 1. The minimum atomic E-state index is -3.76. The SMILES string of the molecule is Cc1ccc(N(C)S(=O)(=O)c2cccc(C(=O)NCCC(C)N)c2)cc1. The molecule has 1 amide bonds. The molecule has 1 unspecified atom stereocenters. The molecule has 2 rings (SSSR count). The van der Waals surface area contributed by atoms with Gasteiger partial charge in [0.05, 0.1) is 10.6 Å². The molecule has 0 fully saturated rings. The third-order valence-corrected chi connectivity index (χ3v) is 5.82. The number of sulfonamides is 1. The van der Waals surface area contributed by atoms with Crippen molar-refractivity contribution >= 4 is 21.6 Å². The molecule has 0 aliphatic heterocycles. The molecule has 0 heterocycles. The number of nitrogens with zero attached hydrogens (tertiary/aromatic N) is 1. The summed E-state index contributed by atoms with van der Waals surface area (Å²) in [6, 6.07) is 13.2. The summed E-state index contributed by atoms with van der Waals surface area (Å²) in [5.41, 5.74) is 7.56. The van der Waals surface area contributed by atoms with Crippen LogP contribution in [0.3, 0.4) is 0 Å². The predicted molar refractivity (Wildman–Crippen MR) is 104 cm³/mol. The van der Waals surface area contributed by atoms with Gasteiger partial charge in [-0.1, -0.05) is 23.8 Å². The van der Waals surface area contributed by atoms with Crippen molar-refractivity contribution in [3.63, 3.8) is 0 Å². The van der Waals surface area contributed by atoms with Crippen LogP contribution in [0.15, 0.2) is 53.4 Å². The minimum Gasteiger partial charge on any atom is -0.352 e. The Balaban J connectivity index is 2.22. The summed E-state index contributed by atoms with van der Waals surface area (Å²) in [5, 5.41) is 2.75. The second kappa shape index (κ2) is 8.33. The molecule has 0 radical (unpaired) electrons. The van der Waals surface area contributed by atoms with E-state index in [1.165, 1.54) is 23.5 Å². The molecule has 3 N–H and O–H groups in total. The van der Waals surface area contributed by atoms with Gasteiger partial charge in [-0.2, -0.15) is 0 Å². The lowest BCUT2D eigenvalue weighted by atomic mass is 10.2. The van der Waals surface area contributed by atoms with Crippen molar-refractivity contribution in [2.45, 2.75) is 31.2 Å². The van der Waals surface area contributed by atoms with Gasteiger partial charge in [0, 0.05) is 25.2 Å². The van der Waals surface area contributed by atoms with E-state index in [1.54, 1.807) is 24.3 Å². The van der Waals surface area contributed by atoms with Crippen LogP contribution in [0.1, 0.15) is 29.3 Å². The summed E-state index contributed by atoms with van der Waals surface area (Å²) in [6.45, 7) is 4.24. The van der Waals surface area contributed by atoms with E-state index in [-0.39, 0.29) is 16.8 Å². The number of aryl methyl sites for hydroxylation is 1. The number of rotatable bonds is 7. The Hall–Kier alpha value is -2.38. The lowest BCUT2D eigenvalue weighted by molar-refractivity contribution is 0.0952. The summed E-state index contributed by atoms with van der Waals surface area (Å²) in [6.07, 6.45) is 0.653. The van der Waals surface area contributed by atoms with E-state index in [2.05, 4.69) is 5.32 Å². The molecule has 0 aliphatic carbocycles. The zero-order chi connectivity index (χ0) is 19.3. The summed E-state index contributed by atoms with van der Waals surface area (Å²) in [7, 11) is -2.27. The van der Waals surface area contributed by atoms with E-state index >= 15 is 0 Å². The molecule has 1 atom stereocenters. The van der Waals surface area contributed by atoms with Crippen molar-refractivity contribution in [1.29, 1.82) is 0 Å². The molecule has 7 heteroatoms. The van der Waals surface area contributed by atoms with Gasteiger partial charge >= 0.3 is 0 Å². The number of nitrogens with one attached hydrogen (secondary N) is 1. The number of nitrogens with two attached hydrogens (primary N) is 1. The van der Waals surface area contributed by atoms with Crippen LogP contribution < -0.4 is 15.4 Å². The Kier molecular flexibility index (Phi) is 6.39. The van der Waals surface area contributed by atoms with Crippen molar-refractivity contribution < 1.29 is 13.2 Å². The first kappa shape index (κ1) is 19.9. The van der Waals surface area contributed by atoms with Crippen LogP contribution in [-0.2, 0) is 10.0 Å². The zero-order valence-electron chi connectivity index (χ0n) is 15.3. The van der Waals surface area contributed by atoms with E-state index in [0.29, 0.717) is 24.2 Å². The van der Waals surface area contributed by atoms with Crippen molar-refractivity contribution in [3.8, 4) is 0 Å². The normalized spacial score (nSPS) is 12.5. The average molecular weight is 375 g/mol. The van der Waals surface area contributed by atoms with Crippen molar-refractivity contribution in [3.05, 3.63) is 59.7 Å². The highest BCUT2D eigenvalue weighted by Gasteiger charge is 2.22. The van der Waals surface area contributed by atoms with Crippen LogP contribution in [0.5, 0.6) is 0 Å². The standard InChI is InChI=1S/C19H25N3O3S/c1-14-7-9-17(10-8-14)22(3)26(24,25)18-6-4-5-16(13-18)19(23)21-12-11-15(2)20/h4-10,13,15H,11-12,20H2,1-3H3,(H,21,23). The minimum absolute atomic E-state index is 0.00910. The van der Waals surface area contributed by atoms with Gasteiger partial charge < -0.3 is 11.1 Å². The Bertz CT molecular complexity index is 862. The molecule has 140 valence electrons. The van der Waals surface area contributed by atoms with E-state index in [9.17, 15) is 13.2 Å². The maximum Gasteiger partial charge on any atom is 0.264 e. The smallest absolute Gasteiger partial charge is 0.264 e. The van der Waals surface area contributed by atoms with Gasteiger partial charge in [0.25, 0.3) is 15.9 Å². The van der Waals surface area contributed by atoms with E-state index in [4.69, 9.17) is 5.73 Å². The molecule has 0 aliphatic rings. The summed E-state index contributed by atoms with van der Waals surface area (Å²) < 4.78 is 27.0. The molecule has 2 aromatic rings. The van der Waals surface area contributed by atoms with Gasteiger partial charge in [-0.25, -0.2) is 8.42 Å². The Labute approximate surface area is 155 Å². The van der Waals surface area contributed by atoms with E-state index in [1.807, 2.05) is 26.0 Å². The molecule has 0 spiro atoms. The second-order valence-corrected chi connectivity index (χ2v) is 8.33. The number of hydrogen-bond acceptors (Lipinski definition) is 4. The fourth-order valence-corrected chi connectivity index (χ4v) is 3.61. The molecule has 26 heavy (non-hydrogen) atoms. The summed E-state index contributed by atoms with van der Waals surface area (Å²) >= 11 is 0. The highest BCUT2D eigenvalue weighted by molar-refractivity contribution is 7.92. The van der Waals surface area contributed by atoms with Gasteiger partial charge in [-0.15, -0.1) is 0 Å². The fraction of sp³-hybridized carbons (Fsp3) is 0.316. The monoisotopic (exact) mass is 375 g/mol. The molecule has 2 aromatic carbocycles. The lowest BCUT2D eigenvalue weighted by Crippen LogP contribution is -2.29. The molecule has 6 nitrogen and oxygen atoms in total. The Morgan fingerprint density at radius 3 is 2.46 bits per heavy atom. The summed E-state index contributed by atoms with van der Waals surface area (Å²) in [4.78, 5) is 12.3. The molecular weight excluding hydrogens is 350 g/mol. The molecule has 0 aromatic heterocycles. The van der Waals surface area contributed by atoms with Crippen LogP contribution in [0, 0.1) is 6.92 Å². The first-order chi connectivity index (χ1) is 12.2. The number of benzene rings is 2. The van der Waals surface area contributed by atoms with Crippen molar-refractivity contribution in [1.82, 2.24) is 5.32 Å². The van der Waals surface area contributed by atoms with Crippen molar-refractivity contribution in [2.24, 2.45) is 5.73 Å². The van der Waals surface area contributed by atoms with Gasteiger partial charge in [0.15, 0.2) is 0 Å². The van der Waals surface area contributed by atoms with Gasteiger partial charge in [-0.05, 0) is 50.6 Å². The zero-order valence-corrected chi connectivity index (χ0v) is 16.1. The largest absolute Gasteiger partial charge is 0.352 e. The van der Waals surface area contributed by atoms with Gasteiger partial charge in [-0.3, -0.25) is 9.10 Å². The highest BCUT2D eigenvalue weighted by Crippen LogP contribution is 2.23. The third kappa shape index (κ3) is 4.83. The van der Waals surface area contributed by atoms with E-state index < -0.39 is 10.0 Å². The second-order valence-electron chi connectivity index (χ2n) is 6.36. The fourth-order valence-electron chi connectivity index (χ4n) is 2.36. The Morgan fingerprint density at radius 1 is 1.19 bits per heavy atom. The summed E-state index contributed by atoms with van der Waals surface area (Å²) in [5.74, 6) is -0.319. The Morgan fingerprint density at radius 2 is 1.85 bits per heavy atom. The molecule has 0 saturated heterocycles. The highest BCUT2D eigenvalue weighted by atomic mass is 32.2. The van der Waals surface area contributed by atoms with Crippen LogP contribution in [0.25, 0.3) is 0 Å². The maximum absolute atomic E-state index is 12.9. The third-order valence-electron chi connectivity index (χ3n) is 4.04. The van der Waals surface area contributed by atoms with Gasteiger partial charge in [0.2, 0.25) is 0 Å². The average Bonchev–Trinajstić information content (AvgIpc) is 2.61. The lowest BCUT2D eigenvalue weighted by Gasteiger charge is -2.20. The van der Waals surface area contributed by atoms with Crippen LogP contribution in [0.4, 0.5) is 5.69 Å². The van der Waals surface area contributed by atoms with Crippen LogP contribution in [0.2, 0.25) is 0 Å². The van der Waals surface area contributed by atoms with Crippen molar-refractivity contribution in [2.75, 3.05) is 17.9 Å². The molecule has 0 saturated carbocycles. The first-order valence-corrected chi connectivity index (χ1v) is 9.85. The first-order valence-electron chi connectivity index (χ1n) is 8.41. The quantitative estimate of drug-likeness (QED) is 0.776. The molecule has 0 bridgehead atoms. The predicted octanol–water partition coefficient (Wildman–Crippen LogP) is 2.29. The number of hydrogen-bond donors (Lipinski definition) is 2. The topological polar surface area (TPSA) is 92.5 Å². The van der Waals surface area contributed by atoms with Gasteiger partial charge in [0.1, 0.15) is 0 Å². The number of anilines is 1. The number of carbonyl (C=O) groups is 1. The number of amides is 1. The maximum atomic E-state index is 12.9. The van der Waals surface area contributed by atoms with E-state index in [0.717, 1.165) is 5.56 Å². The molecular formula is C19H25N3O3S.